The molecule has 1 aliphatic rings. The minimum atomic E-state index is -0.322. The summed E-state index contributed by atoms with van der Waals surface area (Å²) in [6.45, 7) is 4.04. The summed E-state index contributed by atoms with van der Waals surface area (Å²) in [7, 11) is 3.23. The highest BCUT2D eigenvalue weighted by Crippen LogP contribution is 2.37. The van der Waals surface area contributed by atoms with Crippen LogP contribution >= 0.6 is 11.6 Å². The highest BCUT2D eigenvalue weighted by molar-refractivity contribution is 6.32. The number of para-hydroxylation sites is 1. The Bertz CT molecular complexity index is 812. The van der Waals surface area contributed by atoms with Gasteiger partial charge in [-0.1, -0.05) is 17.7 Å². The van der Waals surface area contributed by atoms with Crippen LogP contribution in [-0.2, 0) is 6.42 Å². The molecule has 1 atom stereocenters. The number of hydrogen-bond acceptors (Lipinski definition) is 2. The van der Waals surface area contributed by atoms with Crippen molar-refractivity contribution in [2.45, 2.75) is 26.3 Å². The summed E-state index contributed by atoms with van der Waals surface area (Å²) >= 11 is 6.29. The van der Waals surface area contributed by atoms with Crippen molar-refractivity contribution in [3.63, 3.8) is 0 Å². The number of hydrogen-bond donors (Lipinski definition) is 0. The van der Waals surface area contributed by atoms with Gasteiger partial charge < -0.3 is 9.47 Å². The molecular weight excluding hydrogens is 329 g/mol. The molecule has 0 fully saturated rings. The van der Waals surface area contributed by atoms with Crippen LogP contribution in [0.3, 0.4) is 0 Å². The number of rotatable bonds is 3. The zero-order chi connectivity index (χ0) is 17.4. The highest BCUT2D eigenvalue weighted by Gasteiger charge is 2.34. The third-order valence-electron chi connectivity index (χ3n) is 4.50. The molecule has 0 amide bonds. The third kappa shape index (κ3) is 2.65. The first-order chi connectivity index (χ1) is 11.5. The molecule has 3 rings (SSSR count). The summed E-state index contributed by atoms with van der Waals surface area (Å²) in [5.41, 5.74) is 3.53. The Morgan fingerprint density at radius 3 is 2.46 bits per heavy atom. The molecule has 1 unspecified atom stereocenters. The number of benzene rings is 2. The molecule has 0 saturated carbocycles. The lowest BCUT2D eigenvalue weighted by molar-refractivity contribution is -0.484. The molecule has 2 aromatic carbocycles. The minimum Gasteiger partial charge on any atom is -0.493 e. The van der Waals surface area contributed by atoms with E-state index in [0.29, 0.717) is 22.2 Å². The van der Waals surface area contributed by atoms with Gasteiger partial charge in [-0.3, -0.25) is 0 Å². The van der Waals surface area contributed by atoms with Crippen molar-refractivity contribution in [3.05, 3.63) is 52.3 Å². The topological polar surface area (TPSA) is 21.5 Å². The Morgan fingerprint density at radius 2 is 1.83 bits per heavy atom. The summed E-state index contributed by atoms with van der Waals surface area (Å²) in [6.07, 6.45) is 0.762. The fraction of sp³-hybridized carbons (Fsp3) is 0.316. The van der Waals surface area contributed by atoms with Crippen LogP contribution in [0.1, 0.15) is 25.0 Å². The summed E-state index contributed by atoms with van der Waals surface area (Å²) in [5, 5.41) is 0.408. The van der Waals surface area contributed by atoms with E-state index in [4.69, 9.17) is 21.1 Å². The SMILES string of the molecule is COc1cc2c(cc1OC)C(C)=[N+](c1c(F)cccc1Cl)C(C)C2. The summed E-state index contributed by atoms with van der Waals surface area (Å²) < 4.78 is 27.2. The first-order valence-corrected chi connectivity index (χ1v) is 8.17. The Labute approximate surface area is 146 Å². The molecule has 0 N–H and O–H groups in total. The van der Waals surface area contributed by atoms with Crippen molar-refractivity contribution < 1.29 is 18.4 Å². The molecule has 24 heavy (non-hydrogen) atoms. The van der Waals surface area contributed by atoms with Crippen LogP contribution in [-0.4, -0.2) is 30.5 Å². The lowest BCUT2D eigenvalue weighted by Crippen LogP contribution is -2.33. The molecular formula is C19H20ClFNO2+. The van der Waals surface area contributed by atoms with Crippen LogP contribution in [0.5, 0.6) is 11.5 Å². The van der Waals surface area contributed by atoms with E-state index in [0.717, 1.165) is 23.3 Å². The number of halogens is 2. The van der Waals surface area contributed by atoms with Gasteiger partial charge in [0.2, 0.25) is 0 Å². The zero-order valence-electron chi connectivity index (χ0n) is 14.2. The zero-order valence-corrected chi connectivity index (χ0v) is 14.9. The standard InChI is InChI=1S/C19H20ClFNO2/c1-11-8-13-9-17(23-3)18(24-4)10-14(13)12(2)22(11)19-15(20)6-5-7-16(19)21/h5-7,9-11H,8H2,1-4H3/q+1. The van der Waals surface area contributed by atoms with Gasteiger partial charge in [0.15, 0.2) is 29.1 Å². The maximum Gasteiger partial charge on any atom is 0.260 e. The van der Waals surface area contributed by atoms with Crippen LogP contribution in [0, 0.1) is 5.82 Å². The third-order valence-corrected chi connectivity index (χ3v) is 4.80. The molecule has 5 heteroatoms. The van der Waals surface area contributed by atoms with Crippen molar-refractivity contribution in [1.82, 2.24) is 0 Å². The summed E-state index contributed by atoms with van der Waals surface area (Å²) in [6, 6.07) is 8.78. The van der Waals surface area contributed by atoms with Gasteiger partial charge >= 0.3 is 0 Å². The van der Waals surface area contributed by atoms with Crippen LogP contribution in [0.4, 0.5) is 10.1 Å². The molecule has 0 spiro atoms. The molecule has 0 aliphatic carbocycles. The molecule has 0 aromatic heterocycles. The molecule has 3 nitrogen and oxygen atoms in total. The fourth-order valence-electron chi connectivity index (χ4n) is 3.40. The highest BCUT2D eigenvalue weighted by atomic mass is 35.5. The molecule has 1 heterocycles. The van der Waals surface area contributed by atoms with E-state index in [9.17, 15) is 4.39 Å². The van der Waals surface area contributed by atoms with E-state index in [-0.39, 0.29) is 11.9 Å². The van der Waals surface area contributed by atoms with Gasteiger partial charge in [0, 0.05) is 18.9 Å². The Kier molecular flexibility index (Phi) is 4.50. The predicted molar refractivity (Wildman–Crippen MR) is 93.8 cm³/mol. The Morgan fingerprint density at radius 1 is 1.17 bits per heavy atom. The van der Waals surface area contributed by atoms with Crippen molar-refractivity contribution in [3.8, 4) is 11.5 Å². The maximum absolute atomic E-state index is 14.4. The van der Waals surface area contributed by atoms with Crippen molar-refractivity contribution in [2.75, 3.05) is 14.2 Å². The fourth-order valence-corrected chi connectivity index (χ4v) is 3.66. The average Bonchev–Trinajstić information content (AvgIpc) is 2.56. The van der Waals surface area contributed by atoms with Crippen LogP contribution < -0.4 is 9.47 Å². The van der Waals surface area contributed by atoms with E-state index in [1.807, 2.05) is 23.6 Å². The second kappa shape index (κ2) is 6.44. The van der Waals surface area contributed by atoms with Gasteiger partial charge in [0.05, 0.1) is 14.2 Å². The first kappa shape index (κ1) is 16.8. The maximum atomic E-state index is 14.4. The normalized spacial score (nSPS) is 16.8. The van der Waals surface area contributed by atoms with Gasteiger partial charge in [-0.05, 0) is 36.8 Å². The van der Waals surface area contributed by atoms with Gasteiger partial charge in [-0.15, -0.1) is 0 Å². The number of methoxy groups -OCH3 is 2. The van der Waals surface area contributed by atoms with E-state index in [1.165, 1.54) is 6.07 Å². The number of fused-ring (bicyclic) bond motifs is 1. The van der Waals surface area contributed by atoms with Crippen LogP contribution in [0.2, 0.25) is 5.02 Å². The van der Waals surface area contributed by atoms with Crippen molar-refractivity contribution in [1.29, 1.82) is 0 Å². The van der Waals surface area contributed by atoms with Gasteiger partial charge in [0.25, 0.3) is 5.69 Å². The first-order valence-electron chi connectivity index (χ1n) is 7.80. The second-order valence-electron chi connectivity index (χ2n) is 5.94. The van der Waals surface area contributed by atoms with Gasteiger partial charge in [-0.25, -0.2) is 0 Å². The van der Waals surface area contributed by atoms with Crippen LogP contribution in [0.25, 0.3) is 0 Å². The largest absolute Gasteiger partial charge is 0.493 e. The summed E-state index contributed by atoms with van der Waals surface area (Å²) in [5.74, 6) is 1.04. The van der Waals surface area contributed by atoms with E-state index in [1.54, 1.807) is 26.4 Å². The van der Waals surface area contributed by atoms with Crippen LogP contribution in [0.15, 0.2) is 30.3 Å². The molecule has 2 aromatic rings. The monoisotopic (exact) mass is 348 g/mol. The average molecular weight is 349 g/mol. The lowest BCUT2D eigenvalue weighted by atomic mass is 9.92. The molecule has 1 aliphatic heterocycles. The second-order valence-corrected chi connectivity index (χ2v) is 6.35. The minimum absolute atomic E-state index is 0.0741. The van der Waals surface area contributed by atoms with Crippen molar-refractivity contribution in [2.24, 2.45) is 0 Å². The Hall–Kier alpha value is -2.07. The predicted octanol–water partition coefficient (Wildman–Crippen LogP) is 4.59. The molecule has 0 radical (unpaired) electrons. The van der Waals surface area contributed by atoms with E-state index in [2.05, 4.69) is 6.92 Å². The lowest BCUT2D eigenvalue weighted by Gasteiger charge is -2.23. The smallest absolute Gasteiger partial charge is 0.260 e. The van der Waals surface area contributed by atoms with Crippen molar-refractivity contribution >= 4 is 23.0 Å². The molecule has 0 bridgehead atoms. The van der Waals surface area contributed by atoms with E-state index >= 15 is 0 Å². The van der Waals surface area contributed by atoms with Gasteiger partial charge in [0.1, 0.15) is 5.02 Å². The van der Waals surface area contributed by atoms with Gasteiger partial charge in [-0.2, -0.15) is 8.97 Å². The number of ether oxygens (including phenoxy) is 2. The molecule has 126 valence electrons. The number of nitrogens with zero attached hydrogens (tertiary/aromatic N) is 1. The van der Waals surface area contributed by atoms with E-state index < -0.39 is 0 Å². The summed E-state index contributed by atoms with van der Waals surface area (Å²) in [4.78, 5) is 0. The molecule has 0 saturated heterocycles. The Balaban J connectivity index is 2.26. The quantitative estimate of drug-likeness (QED) is 0.756.